The van der Waals surface area contributed by atoms with Crippen molar-refractivity contribution in [1.82, 2.24) is 19.9 Å². The second-order valence-corrected chi connectivity index (χ2v) is 8.42. The normalized spacial score (nSPS) is 14.4. The number of carbonyl (C=O) groups is 1. The van der Waals surface area contributed by atoms with E-state index in [9.17, 15) is 18.0 Å². The smallest absolute Gasteiger partial charge is 0.258 e. The third-order valence-corrected chi connectivity index (χ3v) is 6.18. The summed E-state index contributed by atoms with van der Waals surface area (Å²) in [6.45, 7) is 3.57. The number of nitrogens with zero attached hydrogens (tertiary/aromatic N) is 5. The van der Waals surface area contributed by atoms with E-state index in [2.05, 4.69) is 37.1 Å². The number of piperazine rings is 1. The second kappa shape index (κ2) is 10.2. The Labute approximate surface area is 193 Å². The minimum absolute atomic E-state index is 0.181. The number of likely N-dealkylation sites (N-methyl/N-ethyl adjacent to an activating group) is 1. The molecule has 0 spiro atoms. The lowest BCUT2D eigenvalue weighted by molar-refractivity contribution is 0.102. The van der Waals surface area contributed by atoms with Crippen LogP contribution in [0.5, 0.6) is 0 Å². The first-order chi connectivity index (χ1) is 15.9. The number of halogens is 3. The average molecular weight is 475 g/mol. The summed E-state index contributed by atoms with van der Waals surface area (Å²) in [6.07, 6.45) is 3.24. The van der Waals surface area contributed by atoms with Crippen molar-refractivity contribution < 1.29 is 18.0 Å². The fraction of sp³-hybridized carbons (Fsp3) is 0.273. The summed E-state index contributed by atoms with van der Waals surface area (Å²) >= 11 is 1.29. The minimum atomic E-state index is -1.64. The molecule has 33 heavy (non-hydrogen) atoms. The van der Waals surface area contributed by atoms with E-state index < -0.39 is 29.0 Å². The maximum Gasteiger partial charge on any atom is 0.258 e. The van der Waals surface area contributed by atoms with Crippen molar-refractivity contribution in [2.75, 3.05) is 43.4 Å². The van der Waals surface area contributed by atoms with Crippen LogP contribution < -0.4 is 10.2 Å². The Morgan fingerprint density at radius 3 is 2.61 bits per heavy atom. The Morgan fingerprint density at radius 1 is 1.03 bits per heavy atom. The number of hydrogen-bond donors (Lipinski definition) is 1. The molecule has 1 aliphatic rings. The van der Waals surface area contributed by atoms with Gasteiger partial charge in [0, 0.05) is 44.3 Å². The predicted octanol–water partition coefficient (Wildman–Crippen LogP) is 3.59. The summed E-state index contributed by atoms with van der Waals surface area (Å²) in [5.74, 6) is -4.03. The van der Waals surface area contributed by atoms with Crippen LogP contribution in [-0.2, 0) is 5.75 Å². The average Bonchev–Trinajstić information content (AvgIpc) is 2.84. The molecule has 1 amide bonds. The Hall–Kier alpha value is -3.18. The van der Waals surface area contributed by atoms with Gasteiger partial charge in [-0.15, -0.1) is 0 Å². The van der Waals surface area contributed by atoms with E-state index in [-0.39, 0.29) is 5.56 Å². The van der Waals surface area contributed by atoms with Gasteiger partial charge in [-0.2, -0.15) is 0 Å². The van der Waals surface area contributed by atoms with Crippen LogP contribution in [0.3, 0.4) is 0 Å². The molecule has 1 fully saturated rings. The van der Waals surface area contributed by atoms with E-state index in [0.29, 0.717) is 16.7 Å². The molecule has 4 rings (SSSR count). The summed E-state index contributed by atoms with van der Waals surface area (Å²) in [5.41, 5.74) is 0.499. The molecule has 0 bridgehead atoms. The summed E-state index contributed by atoms with van der Waals surface area (Å²) in [6, 6.07) is 6.61. The van der Waals surface area contributed by atoms with Gasteiger partial charge in [-0.05, 0) is 37.4 Å². The number of aromatic nitrogens is 3. The Kier molecular flexibility index (Phi) is 7.09. The number of nitrogens with one attached hydrogen (secondary N) is 1. The highest BCUT2D eigenvalue weighted by molar-refractivity contribution is 7.98. The molecule has 0 atom stereocenters. The van der Waals surface area contributed by atoms with Gasteiger partial charge < -0.3 is 15.1 Å². The number of carbonyl (C=O) groups excluding carboxylic acids is 1. The highest BCUT2D eigenvalue weighted by Gasteiger charge is 2.19. The summed E-state index contributed by atoms with van der Waals surface area (Å²) in [7, 11) is 2.08. The van der Waals surface area contributed by atoms with Crippen LogP contribution in [-0.4, -0.2) is 59.0 Å². The Bertz CT molecular complexity index is 1160. The lowest BCUT2D eigenvalue weighted by atomic mass is 10.2. The maximum atomic E-state index is 13.9. The molecule has 0 radical (unpaired) electrons. The van der Waals surface area contributed by atoms with Crippen LogP contribution in [0, 0.1) is 17.5 Å². The number of amides is 1. The molecule has 0 unspecified atom stereocenters. The number of pyridine rings is 1. The zero-order chi connectivity index (χ0) is 23.4. The van der Waals surface area contributed by atoms with Crippen LogP contribution in [0.4, 0.5) is 24.8 Å². The van der Waals surface area contributed by atoms with E-state index in [1.54, 1.807) is 18.3 Å². The van der Waals surface area contributed by atoms with Crippen molar-refractivity contribution in [2.45, 2.75) is 10.8 Å². The highest BCUT2D eigenvalue weighted by atomic mass is 32.2. The monoisotopic (exact) mass is 474 g/mol. The van der Waals surface area contributed by atoms with Gasteiger partial charge in [-0.3, -0.25) is 4.79 Å². The van der Waals surface area contributed by atoms with E-state index in [0.717, 1.165) is 44.0 Å². The largest absolute Gasteiger partial charge is 0.338 e. The molecule has 1 aromatic carbocycles. The minimum Gasteiger partial charge on any atom is -0.338 e. The highest BCUT2D eigenvalue weighted by Crippen LogP contribution is 2.26. The summed E-state index contributed by atoms with van der Waals surface area (Å²) in [5, 5.41) is 2.68. The molecule has 3 aromatic rings. The van der Waals surface area contributed by atoms with Crippen molar-refractivity contribution in [3.05, 3.63) is 71.4 Å². The lowest BCUT2D eigenvalue weighted by Gasteiger charge is -2.32. The van der Waals surface area contributed by atoms with Crippen LogP contribution in [0.15, 0.2) is 47.8 Å². The first-order valence-electron chi connectivity index (χ1n) is 10.2. The number of anilines is 2. The molecular formula is C22H21F3N6OS. The van der Waals surface area contributed by atoms with Gasteiger partial charge >= 0.3 is 0 Å². The molecule has 0 aliphatic carbocycles. The third kappa shape index (κ3) is 5.42. The molecular weight excluding hydrogens is 453 g/mol. The molecule has 172 valence electrons. The van der Waals surface area contributed by atoms with Crippen molar-refractivity contribution in [3.8, 4) is 0 Å². The van der Waals surface area contributed by atoms with E-state index >= 15 is 0 Å². The van der Waals surface area contributed by atoms with E-state index in [1.165, 1.54) is 24.0 Å². The standard InChI is InChI=1S/C22H21F3N6OS/c1-30-9-11-31(12-10-30)22-27-8-6-14(28-22)13-33-21-15(3-2-7-26-21)20(32)29-17-5-4-16(23)18(24)19(17)25/h2-8H,9-13H2,1H3,(H,29,32). The second-order valence-electron chi connectivity index (χ2n) is 7.46. The van der Waals surface area contributed by atoms with Crippen LogP contribution in [0.2, 0.25) is 0 Å². The maximum absolute atomic E-state index is 13.9. The van der Waals surface area contributed by atoms with Crippen molar-refractivity contribution in [3.63, 3.8) is 0 Å². The van der Waals surface area contributed by atoms with Gasteiger partial charge in [-0.25, -0.2) is 28.1 Å². The molecule has 7 nitrogen and oxygen atoms in total. The van der Waals surface area contributed by atoms with Crippen molar-refractivity contribution in [1.29, 1.82) is 0 Å². The van der Waals surface area contributed by atoms with Gasteiger partial charge in [0.1, 0.15) is 5.03 Å². The number of benzene rings is 1. The molecule has 3 heterocycles. The van der Waals surface area contributed by atoms with Gasteiger partial charge in [0.05, 0.1) is 16.9 Å². The lowest BCUT2D eigenvalue weighted by Crippen LogP contribution is -2.45. The van der Waals surface area contributed by atoms with Crippen molar-refractivity contribution in [2.24, 2.45) is 0 Å². The first kappa shape index (κ1) is 23.0. The van der Waals surface area contributed by atoms with Gasteiger partial charge in [0.15, 0.2) is 17.5 Å². The van der Waals surface area contributed by atoms with Gasteiger partial charge in [0.25, 0.3) is 5.91 Å². The number of thioether (sulfide) groups is 1. The predicted molar refractivity (Wildman–Crippen MR) is 120 cm³/mol. The Morgan fingerprint density at radius 2 is 1.82 bits per heavy atom. The zero-order valence-electron chi connectivity index (χ0n) is 17.8. The third-order valence-electron chi connectivity index (χ3n) is 5.14. The quantitative estimate of drug-likeness (QED) is 0.432. The number of hydrogen-bond acceptors (Lipinski definition) is 7. The molecule has 11 heteroatoms. The fourth-order valence-electron chi connectivity index (χ4n) is 3.26. The topological polar surface area (TPSA) is 74.2 Å². The van der Waals surface area contributed by atoms with E-state index in [4.69, 9.17) is 0 Å². The Balaban J connectivity index is 1.46. The van der Waals surface area contributed by atoms with Gasteiger partial charge in [-0.1, -0.05) is 11.8 Å². The fourth-order valence-corrected chi connectivity index (χ4v) is 4.15. The van der Waals surface area contributed by atoms with Crippen LogP contribution in [0.25, 0.3) is 0 Å². The molecule has 1 aliphatic heterocycles. The molecule has 0 saturated carbocycles. The van der Waals surface area contributed by atoms with E-state index in [1.807, 2.05) is 0 Å². The summed E-state index contributed by atoms with van der Waals surface area (Å²) < 4.78 is 40.6. The van der Waals surface area contributed by atoms with Gasteiger partial charge in [0.2, 0.25) is 5.95 Å². The van der Waals surface area contributed by atoms with Crippen molar-refractivity contribution >= 4 is 29.3 Å². The zero-order valence-corrected chi connectivity index (χ0v) is 18.6. The molecule has 2 aromatic heterocycles. The first-order valence-corrected chi connectivity index (χ1v) is 11.2. The molecule has 1 N–H and O–H groups in total. The number of rotatable bonds is 6. The summed E-state index contributed by atoms with van der Waals surface area (Å²) in [4.78, 5) is 30.3. The van der Waals surface area contributed by atoms with Crippen LogP contribution >= 0.6 is 11.8 Å². The van der Waals surface area contributed by atoms with Crippen LogP contribution in [0.1, 0.15) is 16.1 Å². The SMILES string of the molecule is CN1CCN(c2nccc(CSc3ncccc3C(=O)Nc3ccc(F)c(F)c3F)n2)CC1. The molecule has 1 saturated heterocycles.